The summed E-state index contributed by atoms with van der Waals surface area (Å²) in [6.45, 7) is -0.175. The summed E-state index contributed by atoms with van der Waals surface area (Å²) in [6, 6.07) is 1.16. The number of aliphatic hydroxyl groups is 1. The highest BCUT2D eigenvalue weighted by Crippen LogP contribution is 2.34. The van der Waals surface area contributed by atoms with Crippen molar-refractivity contribution in [3.8, 4) is 6.07 Å². The number of nitriles is 1. The predicted octanol–water partition coefficient (Wildman–Crippen LogP) is 2.15. The Labute approximate surface area is 185 Å². The van der Waals surface area contributed by atoms with Crippen LogP contribution < -0.4 is 16.6 Å². The largest absolute Gasteiger partial charge is 0.404 e. The summed E-state index contributed by atoms with van der Waals surface area (Å²) in [5.41, 5.74) is -0.221. The molecular weight excluding hydrogens is 441 g/mol. The van der Waals surface area contributed by atoms with Crippen LogP contribution in [0.15, 0.2) is 28.0 Å². The van der Waals surface area contributed by atoms with Crippen molar-refractivity contribution in [1.82, 2.24) is 24.4 Å². The second kappa shape index (κ2) is 8.99. The minimum Gasteiger partial charge on any atom is -0.376 e. The van der Waals surface area contributed by atoms with Crippen LogP contribution in [-0.4, -0.2) is 43.0 Å². The van der Waals surface area contributed by atoms with Crippen LogP contribution in [0.25, 0.3) is 21.9 Å². The number of pyridine rings is 1. The van der Waals surface area contributed by atoms with E-state index in [1.807, 2.05) is 0 Å². The highest BCUT2D eigenvalue weighted by atomic mass is 19.4. The molecule has 0 spiro atoms. The second-order valence-electron chi connectivity index (χ2n) is 8.35. The van der Waals surface area contributed by atoms with E-state index >= 15 is 0 Å². The molecule has 0 unspecified atom stereocenters. The fourth-order valence-electron chi connectivity index (χ4n) is 4.65. The van der Waals surface area contributed by atoms with Gasteiger partial charge in [0.05, 0.1) is 23.4 Å². The van der Waals surface area contributed by atoms with E-state index in [1.165, 1.54) is 10.8 Å². The molecule has 4 rings (SSSR count). The van der Waals surface area contributed by atoms with Crippen molar-refractivity contribution in [2.45, 2.75) is 57.1 Å². The Morgan fingerprint density at radius 3 is 2.64 bits per heavy atom. The smallest absolute Gasteiger partial charge is 0.376 e. The van der Waals surface area contributed by atoms with Gasteiger partial charge in [0.1, 0.15) is 18.4 Å². The number of halogens is 3. The standard InChI is InChI=1S/C21H23F3N6O3/c22-21(23,24)16(5-7-25)26-9-12-1-3-13(4-2-12)30-17-14-6-8-29(11-31)18(14)27-10-15(17)19(32)28-20(30)33/h6,8,10,12-13,16,26,31H,1-5,9,11H2,(H,28,32,33)/t12-,13-,16-/m1/s1. The minimum atomic E-state index is -4.49. The van der Waals surface area contributed by atoms with E-state index in [4.69, 9.17) is 5.26 Å². The lowest BCUT2D eigenvalue weighted by molar-refractivity contribution is -0.155. The molecule has 1 fully saturated rings. The first-order valence-corrected chi connectivity index (χ1v) is 10.6. The van der Waals surface area contributed by atoms with Gasteiger partial charge in [-0.05, 0) is 44.2 Å². The number of H-pyrrole nitrogens is 1. The lowest BCUT2D eigenvalue weighted by Crippen LogP contribution is -2.44. The number of aromatic amines is 1. The molecule has 0 aliphatic heterocycles. The fraction of sp³-hybridized carbons (Fsp3) is 0.524. The number of alkyl halides is 3. The molecule has 1 atom stereocenters. The number of aromatic nitrogens is 4. The van der Waals surface area contributed by atoms with Crippen molar-refractivity contribution in [2.24, 2.45) is 5.92 Å². The van der Waals surface area contributed by atoms with E-state index in [0.717, 1.165) is 0 Å². The maximum absolute atomic E-state index is 13.0. The molecule has 0 aromatic carbocycles. The van der Waals surface area contributed by atoms with Gasteiger partial charge in [0, 0.05) is 23.8 Å². The summed E-state index contributed by atoms with van der Waals surface area (Å²) in [5, 5.41) is 21.5. The number of rotatable bonds is 6. The maximum atomic E-state index is 13.0. The van der Waals surface area contributed by atoms with E-state index in [-0.39, 0.29) is 30.6 Å². The molecule has 33 heavy (non-hydrogen) atoms. The minimum absolute atomic E-state index is 0.0216. The van der Waals surface area contributed by atoms with Gasteiger partial charge in [0.25, 0.3) is 5.56 Å². The van der Waals surface area contributed by atoms with Gasteiger partial charge in [0.15, 0.2) is 0 Å². The second-order valence-corrected chi connectivity index (χ2v) is 8.35. The van der Waals surface area contributed by atoms with Crippen LogP contribution in [0.2, 0.25) is 0 Å². The molecule has 3 aromatic rings. The van der Waals surface area contributed by atoms with Gasteiger partial charge in [0.2, 0.25) is 0 Å². The quantitative estimate of drug-likeness (QED) is 0.513. The zero-order valence-corrected chi connectivity index (χ0v) is 17.6. The SMILES string of the molecule is N#CC[C@@H](NC[C@H]1CC[C@H](n2c(=O)[nH]c(=O)c3cnc4c(ccn4CO)c32)CC1)C(F)(F)F. The highest BCUT2D eigenvalue weighted by Gasteiger charge is 2.39. The zero-order valence-electron chi connectivity index (χ0n) is 17.6. The third kappa shape index (κ3) is 4.38. The summed E-state index contributed by atoms with van der Waals surface area (Å²) in [5.74, 6) is -0.0216. The number of hydrogen-bond acceptors (Lipinski definition) is 6. The van der Waals surface area contributed by atoms with Crippen molar-refractivity contribution in [2.75, 3.05) is 6.54 Å². The molecule has 3 heterocycles. The zero-order chi connectivity index (χ0) is 23.8. The molecular formula is C21H23F3N6O3. The molecule has 0 saturated heterocycles. The van der Waals surface area contributed by atoms with E-state index in [2.05, 4.69) is 15.3 Å². The van der Waals surface area contributed by atoms with Crippen LogP contribution >= 0.6 is 0 Å². The Balaban J connectivity index is 1.59. The monoisotopic (exact) mass is 464 g/mol. The molecule has 1 saturated carbocycles. The molecule has 0 amide bonds. The molecule has 0 bridgehead atoms. The molecule has 12 heteroatoms. The molecule has 176 valence electrons. The molecule has 0 radical (unpaired) electrons. The van der Waals surface area contributed by atoms with E-state index in [0.29, 0.717) is 42.2 Å². The average molecular weight is 464 g/mol. The Kier molecular flexibility index (Phi) is 6.27. The summed E-state index contributed by atoms with van der Waals surface area (Å²) < 4.78 is 42.1. The van der Waals surface area contributed by atoms with Gasteiger partial charge < -0.3 is 15.0 Å². The lowest BCUT2D eigenvalue weighted by atomic mass is 9.85. The number of hydrogen-bond donors (Lipinski definition) is 3. The first kappa shape index (κ1) is 23.0. The average Bonchev–Trinajstić information content (AvgIpc) is 3.20. The van der Waals surface area contributed by atoms with Crippen molar-refractivity contribution < 1.29 is 18.3 Å². The van der Waals surface area contributed by atoms with E-state index < -0.39 is 29.9 Å². The van der Waals surface area contributed by atoms with Crippen LogP contribution in [0.5, 0.6) is 0 Å². The van der Waals surface area contributed by atoms with Gasteiger partial charge >= 0.3 is 11.9 Å². The van der Waals surface area contributed by atoms with Crippen LogP contribution in [-0.2, 0) is 6.73 Å². The van der Waals surface area contributed by atoms with Gasteiger partial charge in [-0.1, -0.05) is 0 Å². The predicted molar refractivity (Wildman–Crippen MR) is 113 cm³/mol. The van der Waals surface area contributed by atoms with Gasteiger partial charge in [-0.3, -0.25) is 14.3 Å². The summed E-state index contributed by atoms with van der Waals surface area (Å²) in [4.78, 5) is 31.8. The van der Waals surface area contributed by atoms with Crippen molar-refractivity contribution in [3.05, 3.63) is 39.3 Å². The van der Waals surface area contributed by atoms with Crippen LogP contribution in [0.1, 0.15) is 38.1 Å². The Bertz CT molecular complexity index is 1310. The van der Waals surface area contributed by atoms with Crippen LogP contribution in [0.3, 0.4) is 0 Å². The first-order valence-electron chi connectivity index (χ1n) is 10.6. The Hall–Kier alpha value is -3.17. The summed E-state index contributed by atoms with van der Waals surface area (Å²) in [6.07, 6.45) is 0.143. The number of nitrogens with zero attached hydrogens (tertiary/aromatic N) is 4. The fourth-order valence-corrected chi connectivity index (χ4v) is 4.65. The molecule has 1 aliphatic carbocycles. The highest BCUT2D eigenvalue weighted by molar-refractivity contribution is 6.02. The number of nitrogens with one attached hydrogen (secondary N) is 2. The molecule has 3 aromatic heterocycles. The van der Waals surface area contributed by atoms with Gasteiger partial charge in [-0.2, -0.15) is 18.4 Å². The lowest BCUT2D eigenvalue weighted by Gasteiger charge is -2.31. The first-order chi connectivity index (χ1) is 15.7. The maximum Gasteiger partial charge on any atom is 0.404 e. The molecule has 1 aliphatic rings. The van der Waals surface area contributed by atoms with Gasteiger partial charge in [-0.25, -0.2) is 9.78 Å². The number of fused-ring (bicyclic) bond motifs is 3. The van der Waals surface area contributed by atoms with Crippen molar-refractivity contribution in [1.29, 1.82) is 5.26 Å². The third-order valence-corrected chi connectivity index (χ3v) is 6.36. The normalized spacial score (nSPS) is 20.2. The topological polar surface area (TPSA) is 129 Å². The summed E-state index contributed by atoms with van der Waals surface area (Å²) >= 11 is 0. The Morgan fingerprint density at radius 2 is 2.00 bits per heavy atom. The van der Waals surface area contributed by atoms with Crippen LogP contribution in [0.4, 0.5) is 13.2 Å². The number of aliphatic hydroxyl groups excluding tert-OH is 1. The van der Waals surface area contributed by atoms with Crippen molar-refractivity contribution in [3.63, 3.8) is 0 Å². The van der Waals surface area contributed by atoms with Crippen LogP contribution in [0, 0.1) is 17.2 Å². The molecule has 3 N–H and O–H groups in total. The van der Waals surface area contributed by atoms with Crippen molar-refractivity contribution >= 4 is 21.9 Å². The Morgan fingerprint density at radius 1 is 1.27 bits per heavy atom. The summed E-state index contributed by atoms with van der Waals surface area (Å²) in [7, 11) is 0. The van der Waals surface area contributed by atoms with Gasteiger partial charge in [-0.15, -0.1) is 0 Å². The third-order valence-electron chi connectivity index (χ3n) is 6.36. The van der Waals surface area contributed by atoms with E-state index in [9.17, 15) is 27.9 Å². The van der Waals surface area contributed by atoms with E-state index in [1.54, 1.807) is 22.9 Å². The molecule has 9 nitrogen and oxygen atoms in total.